The zero-order valence-corrected chi connectivity index (χ0v) is 21.5. The van der Waals surface area contributed by atoms with Gasteiger partial charge < -0.3 is 5.32 Å². The Morgan fingerprint density at radius 3 is 2.33 bits per heavy atom. The Morgan fingerprint density at radius 1 is 0.970 bits per heavy atom. The van der Waals surface area contributed by atoms with Crippen molar-refractivity contribution in [3.05, 3.63) is 93.1 Å². The van der Waals surface area contributed by atoms with Gasteiger partial charge in [0.05, 0.1) is 16.6 Å². The second-order valence-electron chi connectivity index (χ2n) is 8.33. The third-order valence-corrected chi connectivity index (χ3v) is 8.49. The number of carbonyl (C=O) groups excluding carboxylic acids is 1. The van der Waals surface area contributed by atoms with Crippen LogP contribution >= 0.6 is 22.6 Å². The molecule has 0 spiro atoms. The summed E-state index contributed by atoms with van der Waals surface area (Å²) in [4.78, 5) is 13.2. The number of nitrogens with one attached hydrogen (secondary N) is 1. The molecule has 1 aliphatic carbocycles. The van der Waals surface area contributed by atoms with Gasteiger partial charge in [-0.05, 0) is 108 Å². The van der Waals surface area contributed by atoms with Crippen molar-refractivity contribution in [3.63, 3.8) is 0 Å². The van der Waals surface area contributed by atoms with Gasteiger partial charge in [-0.1, -0.05) is 36.4 Å². The number of benzene rings is 3. The van der Waals surface area contributed by atoms with Crippen LogP contribution < -0.4 is 9.62 Å². The van der Waals surface area contributed by atoms with Crippen LogP contribution in [-0.2, 0) is 27.7 Å². The van der Waals surface area contributed by atoms with Crippen molar-refractivity contribution in [3.8, 4) is 0 Å². The summed E-state index contributed by atoms with van der Waals surface area (Å²) >= 11 is 2.17. The van der Waals surface area contributed by atoms with Gasteiger partial charge in [-0.3, -0.25) is 9.10 Å². The fourth-order valence-corrected chi connectivity index (χ4v) is 5.97. The van der Waals surface area contributed by atoms with Crippen molar-refractivity contribution in [1.29, 1.82) is 0 Å². The quantitative estimate of drug-likeness (QED) is 0.393. The van der Waals surface area contributed by atoms with Crippen LogP contribution in [0.3, 0.4) is 0 Å². The maximum atomic E-state index is 13.4. The Morgan fingerprint density at radius 2 is 1.64 bits per heavy atom. The molecule has 5 nitrogen and oxygen atoms in total. The van der Waals surface area contributed by atoms with Gasteiger partial charge in [0.2, 0.25) is 5.91 Å². The van der Waals surface area contributed by atoms with Crippen LogP contribution in [0.25, 0.3) is 0 Å². The molecular weight excluding hydrogens is 547 g/mol. The van der Waals surface area contributed by atoms with E-state index in [9.17, 15) is 13.2 Å². The van der Waals surface area contributed by atoms with E-state index in [4.69, 9.17) is 0 Å². The highest BCUT2D eigenvalue weighted by Gasteiger charge is 2.27. The van der Waals surface area contributed by atoms with Crippen LogP contribution in [0.1, 0.15) is 42.5 Å². The molecule has 0 heterocycles. The fraction of sp³-hybridized carbons (Fsp3) is 0.269. The van der Waals surface area contributed by atoms with Gasteiger partial charge in [0, 0.05) is 3.57 Å². The smallest absolute Gasteiger partial charge is 0.264 e. The van der Waals surface area contributed by atoms with E-state index in [1.165, 1.54) is 28.3 Å². The SMILES string of the molecule is C[C@H](NC(=O)CN(c1ccc(I)cc1)S(=O)(=O)c1ccccc1)c1ccc2c(c1)CCCC2. The molecule has 3 aromatic carbocycles. The minimum absolute atomic E-state index is 0.152. The van der Waals surface area contributed by atoms with E-state index in [1.807, 2.05) is 19.1 Å². The standard InChI is InChI=1S/C26H27IN2O3S/c1-19(21-12-11-20-7-5-6-8-22(20)17-21)28-26(30)18-29(24-15-13-23(27)14-16-24)33(31,32)25-9-3-2-4-10-25/h2-4,9-17,19H,5-8,18H2,1H3,(H,28,30)/t19-/m0/s1. The van der Waals surface area contributed by atoms with Crippen molar-refractivity contribution in [1.82, 2.24) is 5.32 Å². The molecule has 0 saturated carbocycles. The number of hydrogen-bond acceptors (Lipinski definition) is 3. The van der Waals surface area contributed by atoms with Crippen molar-refractivity contribution in [2.24, 2.45) is 0 Å². The lowest BCUT2D eigenvalue weighted by Gasteiger charge is -2.25. The van der Waals surface area contributed by atoms with E-state index in [0.717, 1.165) is 22.0 Å². The number of sulfonamides is 1. The molecule has 7 heteroatoms. The first-order valence-electron chi connectivity index (χ1n) is 11.1. The van der Waals surface area contributed by atoms with Gasteiger partial charge in [0.1, 0.15) is 6.54 Å². The molecule has 0 bridgehead atoms. The highest BCUT2D eigenvalue weighted by Crippen LogP contribution is 2.26. The Labute approximate surface area is 209 Å². The molecular formula is C26H27IN2O3S. The molecule has 0 aromatic heterocycles. The number of hydrogen-bond donors (Lipinski definition) is 1. The zero-order valence-electron chi connectivity index (χ0n) is 18.5. The van der Waals surface area contributed by atoms with Crippen molar-refractivity contribution in [2.75, 3.05) is 10.8 Å². The number of fused-ring (bicyclic) bond motifs is 1. The lowest BCUT2D eigenvalue weighted by molar-refractivity contribution is -0.120. The molecule has 1 amide bonds. The van der Waals surface area contributed by atoms with E-state index in [2.05, 4.69) is 46.1 Å². The monoisotopic (exact) mass is 574 g/mol. The topological polar surface area (TPSA) is 66.5 Å². The summed E-state index contributed by atoms with van der Waals surface area (Å²) in [7, 11) is -3.90. The molecule has 0 saturated heterocycles. The normalized spacial score (nSPS) is 14.2. The fourth-order valence-electron chi connectivity index (χ4n) is 4.17. The predicted molar refractivity (Wildman–Crippen MR) is 140 cm³/mol. The van der Waals surface area contributed by atoms with Gasteiger partial charge in [-0.2, -0.15) is 0 Å². The van der Waals surface area contributed by atoms with Crippen molar-refractivity contribution < 1.29 is 13.2 Å². The summed E-state index contributed by atoms with van der Waals surface area (Å²) in [5, 5.41) is 2.99. The molecule has 0 fully saturated rings. The number of carbonyl (C=O) groups is 1. The molecule has 172 valence electrons. The second kappa shape index (κ2) is 10.3. The van der Waals surface area contributed by atoms with Gasteiger partial charge in [0.15, 0.2) is 0 Å². The number of anilines is 1. The Bertz CT molecular complexity index is 1230. The lowest BCUT2D eigenvalue weighted by Crippen LogP contribution is -2.41. The number of rotatable bonds is 7. The number of aryl methyl sites for hydroxylation is 2. The van der Waals surface area contributed by atoms with Crippen LogP contribution in [0.2, 0.25) is 0 Å². The molecule has 3 aromatic rings. The van der Waals surface area contributed by atoms with Gasteiger partial charge >= 0.3 is 0 Å². The van der Waals surface area contributed by atoms with E-state index in [-0.39, 0.29) is 23.4 Å². The summed E-state index contributed by atoms with van der Waals surface area (Å²) < 4.78 is 29.0. The van der Waals surface area contributed by atoms with Crippen LogP contribution in [0.4, 0.5) is 5.69 Å². The molecule has 33 heavy (non-hydrogen) atoms. The molecule has 1 N–H and O–H groups in total. The van der Waals surface area contributed by atoms with Crippen LogP contribution in [0, 0.1) is 3.57 Å². The van der Waals surface area contributed by atoms with Gasteiger partial charge in [-0.15, -0.1) is 0 Å². The Balaban J connectivity index is 1.56. The average molecular weight is 574 g/mol. The lowest BCUT2D eigenvalue weighted by atomic mass is 9.89. The summed E-state index contributed by atoms with van der Waals surface area (Å²) in [5.74, 6) is -0.349. The number of nitrogens with zero attached hydrogens (tertiary/aromatic N) is 1. The maximum Gasteiger partial charge on any atom is 0.264 e. The summed E-state index contributed by atoms with van der Waals surface area (Å²) in [6.07, 6.45) is 4.60. The molecule has 0 aliphatic heterocycles. The van der Waals surface area contributed by atoms with E-state index < -0.39 is 10.0 Å². The third kappa shape index (κ3) is 5.58. The first-order chi connectivity index (χ1) is 15.8. The molecule has 0 unspecified atom stereocenters. The Hall–Kier alpha value is -2.39. The second-order valence-corrected chi connectivity index (χ2v) is 11.4. The van der Waals surface area contributed by atoms with E-state index in [0.29, 0.717) is 5.69 Å². The molecule has 1 aliphatic rings. The van der Waals surface area contributed by atoms with Crippen LogP contribution in [0.5, 0.6) is 0 Å². The van der Waals surface area contributed by atoms with Crippen molar-refractivity contribution >= 4 is 44.2 Å². The summed E-state index contributed by atoms with van der Waals surface area (Å²) in [6.45, 7) is 1.64. The average Bonchev–Trinajstić information content (AvgIpc) is 2.83. The minimum atomic E-state index is -3.90. The zero-order chi connectivity index (χ0) is 23.4. The van der Waals surface area contributed by atoms with Gasteiger partial charge in [0.25, 0.3) is 10.0 Å². The minimum Gasteiger partial charge on any atom is -0.348 e. The predicted octanol–water partition coefficient (Wildman–Crippen LogP) is 5.24. The van der Waals surface area contributed by atoms with Crippen molar-refractivity contribution in [2.45, 2.75) is 43.5 Å². The van der Waals surface area contributed by atoms with Gasteiger partial charge in [-0.25, -0.2) is 8.42 Å². The first kappa shape index (κ1) is 23.8. The Kier molecular flexibility index (Phi) is 7.38. The molecule has 4 rings (SSSR count). The third-order valence-electron chi connectivity index (χ3n) is 5.98. The number of amides is 1. The van der Waals surface area contributed by atoms with E-state index in [1.54, 1.807) is 42.5 Å². The molecule has 1 atom stereocenters. The maximum absolute atomic E-state index is 13.4. The highest BCUT2D eigenvalue weighted by molar-refractivity contribution is 14.1. The van der Waals surface area contributed by atoms with Crippen LogP contribution in [-0.4, -0.2) is 20.9 Å². The summed E-state index contributed by atoms with van der Waals surface area (Å²) in [5.41, 5.74) is 4.24. The van der Waals surface area contributed by atoms with E-state index >= 15 is 0 Å². The first-order valence-corrected chi connectivity index (χ1v) is 13.6. The molecule has 0 radical (unpaired) electrons. The largest absolute Gasteiger partial charge is 0.348 e. The highest BCUT2D eigenvalue weighted by atomic mass is 127. The van der Waals surface area contributed by atoms with Crippen LogP contribution in [0.15, 0.2) is 77.7 Å². The summed E-state index contributed by atoms with van der Waals surface area (Å²) in [6, 6.07) is 21.5. The number of halogens is 1.